The number of fused-ring (bicyclic) bond motifs is 1. The van der Waals surface area contributed by atoms with Crippen LogP contribution in [0.1, 0.15) is 43.9 Å². The predicted molar refractivity (Wildman–Crippen MR) is 99.9 cm³/mol. The maximum Gasteiger partial charge on any atom is 0.363 e. The molecule has 0 saturated carbocycles. The summed E-state index contributed by atoms with van der Waals surface area (Å²) in [6, 6.07) is 12.9. The molecule has 28 heavy (non-hydrogen) atoms. The number of nitrogens with zero attached hydrogens (tertiary/aromatic N) is 2. The van der Waals surface area contributed by atoms with Crippen LogP contribution in [0.15, 0.2) is 48.5 Å². The Hall–Kier alpha value is -3.19. The number of imide groups is 1. The molecular formula is C21H20N2O5. The first kappa shape index (κ1) is 18.2. The number of carbonyl (C=O) groups excluding carboxylic acids is 3. The molecule has 0 bridgehead atoms. The van der Waals surface area contributed by atoms with Crippen molar-refractivity contribution in [2.45, 2.75) is 18.9 Å². The standard InChI is InChI=1S/C21H20N2O5/c1-22-12-10-16(11-13-22)27-15-8-6-14(7-9-15)21(26)28-23-19(24)17-4-2-3-5-18(17)20(23)25/h2-9,16H,10-13H2,1H3. The van der Waals surface area contributed by atoms with E-state index in [0.717, 1.165) is 25.9 Å². The lowest BCUT2D eigenvalue weighted by atomic mass is 10.1. The Morgan fingerprint density at radius 3 is 2.07 bits per heavy atom. The molecule has 4 rings (SSSR count). The van der Waals surface area contributed by atoms with Gasteiger partial charge in [0.15, 0.2) is 0 Å². The van der Waals surface area contributed by atoms with Crippen LogP contribution < -0.4 is 4.74 Å². The van der Waals surface area contributed by atoms with Crippen molar-refractivity contribution in [1.82, 2.24) is 9.96 Å². The van der Waals surface area contributed by atoms with E-state index in [0.29, 0.717) is 10.8 Å². The highest BCUT2D eigenvalue weighted by atomic mass is 16.7. The monoisotopic (exact) mass is 380 g/mol. The fourth-order valence-electron chi connectivity index (χ4n) is 3.35. The molecule has 0 spiro atoms. The maximum atomic E-state index is 12.4. The van der Waals surface area contributed by atoms with Gasteiger partial charge in [-0.15, -0.1) is 0 Å². The Bertz CT molecular complexity index is 882. The van der Waals surface area contributed by atoms with E-state index in [-0.39, 0.29) is 22.8 Å². The van der Waals surface area contributed by atoms with Crippen LogP contribution in [0.25, 0.3) is 0 Å². The van der Waals surface area contributed by atoms with Gasteiger partial charge in [-0.1, -0.05) is 17.2 Å². The van der Waals surface area contributed by atoms with Gasteiger partial charge < -0.3 is 14.5 Å². The Morgan fingerprint density at radius 2 is 1.50 bits per heavy atom. The van der Waals surface area contributed by atoms with E-state index in [1.165, 1.54) is 12.1 Å². The van der Waals surface area contributed by atoms with Gasteiger partial charge in [-0.3, -0.25) is 9.59 Å². The van der Waals surface area contributed by atoms with Crippen molar-refractivity contribution in [1.29, 1.82) is 0 Å². The molecule has 144 valence electrons. The summed E-state index contributed by atoms with van der Waals surface area (Å²) < 4.78 is 5.95. The normalized spacial score (nSPS) is 17.5. The third-order valence-electron chi connectivity index (χ3n) is 4.99. The van der Waals surface area contributed by atoms with Crippen molar-refractivity contribution in [3.8, 4) is 5.75 Å². The highest BCUT2D eigenvalue weighted by Gasteiger charge is 2.38. The van der Waals surface area contributed by atoms with Crippen LogP contribution in [-0.2, 0) is 4.84 Å². The van der Waals surface area contributed by atoms with Crippen LogP contribution in [0, 0.1) is 0 Å². The molecule has 1 fully saturated rings. The van der Waals surface area contributed by atoms with Crippen LogP contribution in [0.3, 0.4) is 0 Å². The number of benzene rings is 2. The molecule has 0 aliphatic carbocycles. The highest BCUT2D eigenvalue weighted by molar-refractivity contribution is 6.21. The number of carbonyl (C=O) groups is 3. The van der Waals surface area contributed by atoms with Gasteiger partial charge in [-0.25, -0.2) is 4.79 Å². The molecule has 2 amide bonds. The molecule has 0 unspecified atom stereocenters. The van der Waals surface area contributed by atoms with Crippen molar-refractivity contribution in [3.63, 3.8) is 0 Å². The van der Waals surface area contributed by atoms with Gasteiger partial charge >= 0.3 is 5.97 Å². The van der Waals surface area contributed by atoms with Crippen molar-refractivity contribution >= 4 is 17.8 Å². The molecule has 2 aliphatic heterocycles. The van der Waals surface area contributed by atoms with Gasteiger partial charge in [0.05, 0.1) is 16.7 Å². The van der Waals surface area contributed by atoms with Gasteiger partial charge in [0.2, 0.25) is 0 Å². The minimum atomic E-state index is -0.777. The molecule has 2 aliphatic rings. The zero-order valence-electron chi connectivity index (χ0n) is 15.5. The van der Waals surface area contributed by atoms with E-state index in [9.17, 15) is 14.4 Å². The Morgan fingerprint density at radius 1 is 0.929 bits per heavy atom. The summed E-state index contributed by atoms with van der Waals surface area (Å²) in [5.41, 5.74) is 0.677. The van der Waals surface area contributed by atoms with Gasteiger partial charge in [0.25, 0.3) is 11.8 Å². The van der Waals surface area contributed by atoms with Crippen LogP contribution in [0.4, 0.5) is 0 Å². The predicted octanol–water partition coefficient (Wildman–Crippen LogP) is 2.53. The van der Waals surface area contributed by atoms with Crippen LogP contribution >= 0.6 is 0 Å². The lowest BCUT2D eigenvalue weighted by molar-refractivity contribution is -0.0584. The number of hydroxylamine groups is 2. The second kappa shape index (κ2) is 7.44. The quantitative estimate of drug-likeness (QED) is 0.759. The zero-order valence-corrected chi connectivity index (χ0v) is 15.5. The Kier molecular flexibility index (Phi) is 4.83. The summed E-state index contributed by atoms with van der Waals surface area (Å²) in [6.07, 6.45) is 2.08. The number of piperidine rings is 1. The average Bonchev–Trinajstić information content (AvgIpc) is 2.95. The molecule has 7 nitrogen and oxygen atoms in total. The molecule has 0 N–H and O–H groups in total. The molecule has 7 heteroatoms. The number of hydrogen-bond acceptors (Lipinski definition) is 6. The third kappa shape index (κ3) is 3.48. The lowest BCUT2D eigenvalue weighted by Gasteiger charge is -2.29. The summed E-state index contributed by atoms with van der Waals surface area (Å²) in [6.45, 7) is 1.99. The first-order chi connectivity index (χ1) is 13.5. The van der Waals surface area contributed by atoms with E-state index < -0.39 is 17.8 Å². The number of amides is 2. The molecule has 1 saturated heterocycles. The molecule has 0 radical (unpaired) electrons. The van der Waals surface area contributed by atoms with Crippen molar-refractivity contribution in [2.75, 3.05) is 20.1 Å². The fraction of sp³-hybridized carbons (Fsp3) is 0.286. The molecule has 2 heterocycles. The number of rotatable bonds is 4. The van der Waals surface area contributed by atoms with Crippen LogP contribution in [0.5, 0.6) is 5.75 Å². The zero-order chi connectivity index (χ0) is 19.7. The topological polar surface area (TPSA) is 76.2 Å². The smallest absolute Gasteiger partial charge is 0.363 e. The number of ether oxygens (including phenoxy) is 1. The number of likely N-dealkylation sites (tertiary alicyclic amines) is 1. The maximum absolute atomic E-state index is 12.4. The average molecular weight is 380 g/mol. The van der Waals surface area contributed by atoms with E-state index in [1.807, 2.05) is 0 Å². The van der Waals surface area contributed by atoms with Gasteiger partial charge in [-0.2, -0.15) is 0 Å². The summed E-state index contributed by atoms with van der Waals surface area (Å²) in [5, 5.41) is 0.510. The van der Waals surface area contributed by atoms with Crippen LogP contribution in [0.2, 0.25) is 0 Å². The van der Waals surface area contributed by atoms with E-state index in [1.54, 1.807) is 36.4 Å². The summed E-state index contributed by atoms with van der Waals surface area (Å²) in [4.78, 5) is 44.2. The van der Waals surface area contributed by atoms with Gasteiger partial charge in [0, 0.05) is 13.1 Å². The minimum Gasteiger partial charge on any atom is -0.490 e. The van der Waals surface area contributed by atoms with Crippen molar-refractivity contribution < 1.29 is 24.0 Å². The molecule has 0 atom stereocenters. The van der Waals surface area contributed by atoms with Crippen molar-refractivity contribution in [3.05, 3.63) is 65.2 Å². The van der Waals surface area contributed by atoms with E-state index >= 15 is 0 Å². The summed E-state index contributed by atoms with van der Waals surface area (Å²) in [5.74, 6) is -1.39. The second-order valence-corrected chi connectivity index (χ2v) is 6.97. The second-order valence-electron chi connectivity index (χ2n) is 6.97. The molecule has 2 aromatic rings. The summed E-state index contributed by atoms with van der Waals surface area (Å²) >= 11 is 0. The molecule has 2 aromatic carbocycles. The van der Waals surface area contributed by atoms with Crippen molar-refractivity contribution in [2.24, 2.45) is 0 Å². The summed E-state index contributed by atoms with van der Waals surface area (Å²) in [7, 11) is 2.09. The lowest BCUT2D eigenvalue weighted by Crippen LogP contribution is -2.35. The molecular weight excluding hydrogens is 360 g/mol. The molecule has 0 aromatic heterocycles. The van der Waals surface area contributed by atoms with E-state index in [2.05, 4.69) is 11.9 Å². The van der Waals surface area contributed by atoms with Gasteiger partial charge in [-0.05, 0) is 56.3 Å². The van der Waals surface area contributed by atoms with E-state index in [4.69, 9.17) is 9.57 Å². The Labute approximate surface area is 162 Å². The fourth-order valence-corrected chi connectivity index (χ4v) is 3.35. The number of hydrogen-bond donors (Lipinski definition) is 0. The van der Waals surface area contributed by atoms with Gasteiger partial charge in [0.1, 0.15) is 11.9 Å². The third-order valence-corrected chi connectivity index (χ3v) is 4.99. The highest BCUT2D eigenvalue weighted by Crippen LogP contribution is 2.24. The first-order valence-electron chi connectivity index (χ1n) is 9.18. The SMILES string of the molecule is CN1CCC(Oc2ccc(C(=O)ON3C(=O)c4ccccc4C3=O)cc2)CC1. The Balaban J connectivity index is 1.39. The largest absolute Gasteiger partial charge is 0.490 e. The van der Waals surface area contributed by atoms with Crippen LogP contribution in [-0.4, -0.2) is 54.0 Å². The first-order valence-corrected chi connectivity index (χ1v) is 9.18. The minimum absolute atomic E-state index is 0.160.